The lowest BCUT2D eigenvalue weighted by atomic mass is 9.85. The number of furan rings is 1. The SMILES string of the molecule is C[C@H](NS(=O)(=O)c1cc(C(=O)O)oc1Br)C1CCCCC1. The monoisotopic (exact) mass is 379 g/mol. The maximum atomic E-state index is 12.3. The Bertz CT molecular complexity index is 619. The van der Waals surface area contributed by atoms with Crippen LogP contribution in [0.4, 0.5) is 0 Å². The van der Waals surface area contributed by atoms with Crippen LogP contribution in [-0.2, 0) is 10.0 Å². The summed E-state index contributed by atoms with van der Waals surface area (Å²) in [6.07, 6.45) is 5.46. The highest BCUT2D eigenvalue weighted by Gasteiger charge is 2.29. The lowest BCUT2D eigenvalue weighted by Crippen LogP contribution is -2.38. The van der Waals surface area contributed by atoms with Crippen molar-refractivity contribution < 1.29 is 22.7 Å². The molecule has 2 rings (SSSR count). The number of carboxylic acids is 1. The lowest BCUT2D eigenvalue weighted by molar-refractivity contribution is 0.0661. The fraction of sp³-hybridized carbons (Fsp3) is 0.615. The Hall–Kier alpha value is -0.860. The Morgan fingerprint density at radius 2 is 2.05 bits per heavy atom. The van der Waals surface area contributed by atoms with Gasteiger partial charge in [0.2, 0.25) is 15.8 Å². The van der Waals surface area contributed by atoms with Gasteiger partial charge < -0.3 is 9.52 Å². The molecule has 0 spiro atoms. The number of halogens is 1. The van der Waals surface area contributed by atoms with Crippen molar-refractivity contribution in [1.82, 2.24) is 4.72 Å². The minimum Gasteiger partial charge on any atom is -0.475 e. The molecule has 0 aliphatic heterocycles. The Morgan fingerprint density at radius 1 is 1.43 bits per heavy atom. The van der Waals surface area contributed by atoms with Crippen LogP contribution in [0.5, 0.6) is 0 Å². The Morgan fingerprint density at radius 3 is 2.57 bits per heavy atom. The zero-order valence-electron chi connectivity index (χ0n) is 11.6. The fourth-order valence-electron chi connectivity index (χ4n) is 2.68. The van der Waals surface area contributed by atoms with E-state index in [9.17, 15) is 13.2 Å². The van der Waals surface area contributed by atoms with Crippen molar-refractivity contribution in [2.24, 2.45) is 5.92 Å². The second kappa shape index (κ2) is 6.50. The maximum Gasteiger partial charge on any atom is 0.371 e. The zero-order valence-corrected chi connectivity index (χ0v) is 14.0. The van der Waals surface area contributed by atoms with Crippen LogP contribution in [0.3, 0.4) is 0 Å². The quantitative estimate of drug-likeness (QED) is 0.819. The molecule has 0 bridgehead atoms. The molecule has 6 nitrogen and oxygen atoms in total. The highest BCUT2D eigenvalue weighted by Crippen LogP contribution is 2.29. The average Bonchev–Trinajstić information content (AvgIpc) is 2.82. The van der Waals surface area contributed by atoms with E-state index < -0.39 is 21.8 Å². The Labute approximate surface area is 132 Å². The summed E-state index contributed by atoms with van der Waals surface area (Å²) in [6, 6.07) is 0.827. The van der Waals surface area contributed by atoms with E-state index in [0.717, 1.165) is 31.7 Å². The van der Waals surface area contributed by atoms with Gasteiger partial charge in [0.15, 0.2) is 4.67 Å². The van der Waals surface area contributed by atoms with Crippen molar-refractivity contribution in [2.75, 3.05) is 0 Å². The zero-order chi connectivity index (χ0) is 15.6. The summed E-state index contributed by atoms with van der Waals surface area (Å²) >= 11 is 2.96. The van der Waals surface area contributed by atoms with Gasteiger partial charge in [-0.1, -0.05) is 19.3 Å². The third-order valence-corrected chi connectivity index (χ3v) is 6.27. The van der Waals surface area contributed by atoms with Crippen LogP contribution in [-0.4, -0.2) is 25.5 Å². The molecular weight excluding hydrogens is 362 g/mol. The van der Waals surface area contributed by atoms with Gasteiger partial charge in [-0.3, -0.25) is 0 Å². The van der Waals surface area contributed by atoms with E-state index in [-0.39, 0.29) is 15.6 Å². The molecular formula is C13H18BrNO5S. The molecule has 0 radical (unpaired) electrons. The molecule has 1 aromatic heterocycles. The summed E-state index contributed by atoms with van der Waals surface area (Å²) in [6.45, 7) is 1.85. The summed E-state index contributed by atoms with van der Waals surface area (Å²) in [7, 11) is -3.81. The molecule has 0 saturated heterocycles. The summed E-state index contributed by atoms with van der Waals surface area (Å²) in [4.78, 5) is 10.7. The van der Waals surface area contributed by atoms with Crippen LogP contribution in [0, 0.1) is 5.92 Å². The Kier molecular flexibility index (Phi) is 5.11. The molecule has 8 heteroatoms. The molecule has 2 N–H and O–H groups in total. The van der Waals surface area contributed by atoms with Gasteiger partial charge in [-0.25, -0.2) is 17.9 Å². The number of rotatable bonds is 5. The van der Waals surface area contributed by atoms with Crippen molar-refractivity contribution in [3.05, 3.63) is 16.5 Å². The van der Waals surface area contributed by atoms with Crippen LogP contribution in [0.25, 0.3) is 0 Å². The molecule has 0 amide bonds. The molecule has 1 heterocycles. The molecule has 1 aliphatic rings. The van der Waals surface area contributed by atoms with Gasteiger partial charge in [0, 0.05) is 12.1 Å². The number of aromatic carboxylic acids is 1. The third-order valence-electron chi connectivity index (χ3n) is 3.85. The number of carboxylic acid groups (broad SMARTS) is 1. The van der Waals surface area contributed by atoms with E-state index in [1.807, 2.05) is 6.92 Å². The van der Waals surface area contributed by atoms with Gasteiger partial charge in [0.25, 0.3) is 0 Å². The highest BCUT2D eigenvalue weighted by atomic mass is 79.9. The second-order valence-corrected chi connectivity index (χ2v) is 7.76. The van der Waals surface area contributed by atoms with E-state index in [0.29, 0.717) is 5.92 Å². The minimum absolute atomic E-state index is 0.0942. The molecule has 118 valence electrons. The van der Waals surface area contributed by atoms with Crippen molar-refractivity contribution in [2.45, 2.75) is 50.0 Å². The normalized spacial score (nSPS) is 18.6. The summed E-state index contributed by atoms with van der Waals surface area (Å²) in [5, 5.41) is 8.84. The van der Waals surface area contributed by atoms with E-state index in [1.165, 1.54) is 6.42 Å². The average molecular weight is 380 g/mol. The van der Waals surface area contributed by atoms with E-state index >= 15 is 0 Å². The predicted molar refractivity (Wildman–Crippen MR) is 79.7 cm³/mol. The van der Waals surface area contributed by atoms with E-state index in [2.05, 4.69) is 20.7 Å². The van der Waals surface area contributed by atoms with Crippen LogP contribution >= 0.6 is 15.9 Å². The Balaban J connectivity index is 2.16. The van der Waals surface area contributed by atoms with E-state index in [1.54, 1.807) is 0 Å². The molecule has 0 unspecified atom stereocenters. The topological polar surface area (TPSA) is 96.6 Å². The first-order chi connectivity index (χ1) is 9.81. The first-order valence-corrected chi connectivity index (χ1v) is 9.14. The van der Waals surface area contributed by atoms with Crippen molar-refractivity contribution in [3.8, 4) is 0 Å². The largest absolute Gasteiger partial charge is 0.475 e. The van der Waals surface area contributed by atoms with Crippen LogP contribution in [0.2, 0.25) is 0 Å². The van der Waals surface area contributed by atoms with E-state index in [4.69, 9.17) is 9.52 Å². The minimum atomic E-state index is -3.81. The predicted octanol–water partition coefficient (Wildman–Crippen LogP) is 2.99. The standard InChI is InChI=1S/C13H18BrNO5S/c1-8(9-5-3-2-4-6-9)15-21(18,19)11-7-10(13(16)17)20-12(11)14/h7-9,15H,2-6H2,1H3,(H,16,17)/t8-/m0/s1. The first-order valence-electron chi connectivity index (χ1n) is 6.86. The summed E-state index contributed by atoms with van der Waals surface area (Å²) < 4.78 is 32.1. The number of sulfonamides is 1. The highest BCUT2D eigenvalue weighted by molar-refractivity contribution is 9.10. The third kappa shape index (κ3) is 3.87. The summed E-state index contributed by atoms with van der Waals surface area (Å²) in [5.74, 6) is -1.40. The lowest BCUT2D eigenvalue weighted by Gasteiger charge is -2.27. The molecule has 1 fully saturated rings. The van der Waals surface area contributed by atoms with Crippen LogP contribution in [0.15, 0.2) is 20.0 Å². The molecule has 0 aromatic carbocycles. The van der Waals surface area contributed by atoms with Gasteiger partial charge >= 0.3 is 5.97 Å². The molecule has 21 heavy (non-hydrogen) atoms. The van der Waals surface area contributed by atoms with Crippen LogP contribution in [0.1, 0.15) is 49.6 Å². The maximum absolute atomic E-state index is 12.3. The van der Waals surface area contributed by atoms with Gasteiger partial charge in [-0.15, -0.1) is 0 Å². The number of hydrogen-bond donors (Lipinski definition) is 2. The van der Waals surface area contributed by atoms with Gasteiger partial charge in [-0.2, -0.15) is 0 Å². The fourth-order valence-corrected chi connectivity index (χ4v) is 4.93. The van der Waals surface area contributed by atoms with Crippen LogP contribution < -0.4 is 4.72 Å². The van der Waals surface area contributed by atoms with Crippen molar-refractivity contribution in [1.29, 1.82) is 0 Å². The number of carbonyl (C=O) groups is 1. The van der Waals surface area contributed by atoms with Crippen molar-refractivity contribution in [3.63, 3.8) is 0 Å². The van der Waals surface area contributed by atoms with Gasteiger partial charge in [0.05, 0.1) is 0 Å². The second-order valence-electron chi connectivity index (χ2n) is 5.36. The molecule has 1 saturated carbocycles. The van der Waals surface area contributed by atoms with Crippen molar-refractivity contribution >= 4 is 31.9 Å². The number of nitrogens with one attached hydrogen (secondary N) is 1. The summed E-state index contributed by atoms with van der Waals surface area (Å²) in [5.41, 5.74) is 0. The smallest absolute Gasteiger partial charge is 0.371 e. The first kappa shape index (κ1) is 16.5. The molecule has 1 aliphatic carbocycles. The molecule has 1 aromatic rings. The van der Waals surface area contributed by atoms with Gasteiger partial charge in [0.1, 0.15) is 4.90 Å². The number of hydrogen-bond acceptors (Lipinski definition) is 4. The molecule has 1 atom stereocenters. The van der Waals surface area contributed by atoms with Gasteiger partial charge in [-0.05, 0) is 41.6 Å².